The average Bonchev–Trinajstić information content (AvgIpc) is 2.73. The van der Waals surface area contributed by atoms with E-state index in [-0.39, 0.29) is 6.03 Å². The summed E-state index contributed by atoms with van der Waals surface area (Å²) in [6, 6.07) is 6.74. The number of aryl methyl sites for hydroxylation is 1. The third-order valence-corrected chi connectivity index (χ3v) is 5.04. The molecule has 1 heterocycles. The van der Waals surface area contributed by atoms with Gasteiger partial charge >= 0.3 is 6.03 Å². The molecule has 1 aliphatic rings. The minimum Gasteiger partial charge on any atom is -0.322 e. The van der Waals surface area contributed by atoms with Crippen molar-refractivity contribution in [2.75, 3.05) is 11.9 Å². The Labute approximate surface area is 147 Å². The van der Waals surface area contributed by atoms with Gasteiger partial charge in [0.05, 0.1) is 0 Å². The molecule has 134 valence electrons. The number of anilines is 1. The first-order valence-corrected chi connectivity index (χ1v) is 9.57. The number of para-hydroxylation sites is 1. The highest BCUT2D eigenvalue weighted by atomic mass is 16.2. The maximum Gasteiger partial charge on any atom is 0.322 e. The van der Waals surface area contributed by atoms with Crippen LogP contribution >= 0.6 is 0 Å². The summed E-state index contributed by atoms with van der Waals surface area (Å²) in [7, 11) is 0. The highest BCUT2D eigenvalue weighted by Crippen LogP contribution is 2.29. The first-order valence-electron chi connectivity index (χ1n) is 9.57. The zero-order chi connectivity index (χ0) is 17.7. The van der Waals surface area contributed by atoms with Crippen LogP contribution in [0.25, 0.3) is 0 Å². The quantitative estimate of drug-likeness (QED) is 0.728. The van der Waals surface area contributed by atoms with Crippen molar-refractivity contribution < 1.29 is 4.79 Å². The minimum absolute atomic E-state index is 0.0822. The van der Waals surface area contributed by atoms with Crippen molar-refractivity contribution in [3.8, 4) is 0 Å². The maximum absolute atomic E-state index is 13.1. The zero-order valence-electron chi connectivity index (χ0n) is 16.1. The molecule has 3 nitrogen and oxygen atoms in total. The molecular weight excluding hydrogens is 296 g/mol. The molecule has 0 saturated carbocycles. The molecule has 1 atom stereocenters. The molecule has 1 unspecified atom stereocenters. The smallest absolute Gasteiger partial charge is 0.322 e. The van der Waals surface area contributed by atoms with Crippen molar-refractivity contribution >= 4 is 11.7 Å². The fourth-order valence-electron chi connectivity index (χ4n) is 3.75. The predicted molar refractivity (Wildman–Crippen MR) is 103 cm³/mol. The summed E-state index contributed by atoms with van der Waals surface area (Å²) in [4.78, 5) is 15.2. The molecule has 1 aliphatic heterocycles. The number of likely N-dealkylation sites (tertiary alicyclic amines) is 1. The van der Waals surface area contributed by atoms with E-state index in [1.807, 2.05) is 0 Å². The lowest BCUT2D eigenvalue weighted by atomic mass is 9.98. The van der Waals surface area contributed by atoms with E-state index in [4.69, 9.17) is 0 Å². The number of hydrogen-bond acceptors (Lipinski definition) is 1. The van der Waals surface area contributed by atoms with E-state index in [0.29, 0.717) is 17.9 Å². The average molecular weight is 331 g/mol. The van der Waals surface area contributed by atoms with Gasteiger partial charge in [0.2, 0.25) is 0 Å². The fourth-order valence-corrected chi connectivity index (χ4v) is 3.75. The largest absolute Gasteiger partial charge is 0.322 e. The number of benzene rings is 1. The second-order valence-electron chi connectivity index (χ2n) is 7.95. The normalized spacial score (nSPS) is 18.8. The number of carbonyl (C=O) groups is 1. The number of nitrogens with one attached hydrogen (secondary N) is 1. The second kappa shape index (κ2) is 8.55. The topological polar surface area (TPSA) is 32.3 Å². The monoisotopic (exact) mass is 330 g/mol. The molecule has 1 N–H and O–H groups in total. The molecule has 1 fully saturated rings. The highest BCUT2D eigenvalue weighted by Gasteiger charge is 2.26. The molecule has 0 spiro atoms. The van der Waals surface area contributed by atoms with Crippen molar-refractivity contribution in [2.24, 2.45) is 5.92 Å². The summed E-state index contributed by atoms with van der Waals surface area (Å²) in [5.74, 6) is 1.02. The van der Waals surface area contributed by atoms with Gasteiger partial charge < -0.3 is 10.2 Å². The van der Waals surface area contributed by atoms with E-state index in [0.717, 1.165) is 37.1 Å². The van der Waals surface area contributed by atoms with E-state index in [1.165, 1.54) is 18.4 Å². The summed E-state index contributed by atoms with van der Waals surface area (Å²) in [6.07, 6.45) is 5.82. The van der Waals surface area contributed by atoms with Crippen molar-refractivity contribution in [3.05, 3.63) is 29.3 Å². The van der Waals surface area contributed by atoms with Gasteiger partial charge in [-0.15, -0.1) is 0 Å². The predicted octanol–water partition coefficient (Wildman–Crippen LogP) is 5.94. The Morgan fingerprint density at radius 2 is 1.96 bits per heavy atom. The van der Waals surface area contributed by atoms with Crippen LogP contribution in [0.5, 0.6) is 0 Å². The Balaban J connectivity index is 2.20. The van der Waals surface area contributed by atoms with E-state index in [2.05, 4.69) is 63.0 Å². The van der Waals surface area contributed by atoms with Crippen LogP contribution < -0.4 is 5.32 Å². The Morgan fingerprint density at radius 3 is 2.62 bits per heavy atom. The van der Waals surface area contributed by atoms with Gasteiger partial charge in [-0.2, -0.15) is 0 Å². The minimum atomic E-state index is 0.0822. The first-order chi connectivity index (χ1) is 11.4. The number of hydrogen-bond donors (Lipinski definition) is 1. The van der Waals surface area contributed by atoms with Gasteiger partial charge in [-0.1, -0.05) is 58.7 Å². The Kier molecular flexibility index (Phi) is 6.70. The van der Waals surface area contributed by atoms with Gasteiger partial charge in [-0.05, 0) is 49.1 Å². The molecular formula is C21H34N2O. The third kappa shape index (κ3) is 4.75. The van der Waals surface area contributed by atoms with Gasteiger partial charge in [0.25, 0.3) is 0 Å². The van der Waals surface area contributed by atoms with Gasteiger partial charge in [-0.25, -0.2) is 4.79 Å². The molecule has 2 amide bonds. The number of nitrogens with zero attached hydrogens (tertiary/aromatic N) is 1. The standard InChI is InChI=1S/C21H34N2O/c1-15(2)14-18-11-7-6-8-13-23(18)21(24)22-20-17(5)10-9-12-19(20)16(3)4/h9-10,12,15-16,18H,6-8,11,13-14H2,1-5H3,(H,22,24). The van der Waals surface area contributed by atoms with Crippen LogP contribution in [0.3, 0.4) is 0 Å². The molecule has 2 rings (SSSR count). The number of carbonyl (C=O) groups excluding carboxylic acids is 1. The fraction of sp³-hybridized carbons (Fsp3) is 0.667. The molecule has 3 heteroatoms. The Hall–Kier alpha value is -1.51. The lowest BCUT2D eigenvalue weighted by Crippen LogP contribution is -2.43. The lowest BCUT2D eigenvalue weighted by molar-refractivity contribution is 0.178. The van der Waals surface area contributed by atoms with E-state index >= 15 is 0 Å². The van der Waals surface area contributed by atoms with Crippen molar-refractivity contribution in [1.29, 1.82) is 0 Å². The summed E-state index contributed by atoms with van der Waals surface area (Å²) in [5, 5.41) is 3.25. The van der Waals surface area contributed by atoms with Crippen molar-refractivity contribution in [2.45, 2.75) is 78.7 Å². The molecule has 1 saturated heterocycles. The van der Waals surface area contributed by atoms with E-state index < -0.39 is 0 Å². The Morgan fingerprint density at radius 1 is 1.21 bits per heavy atom. The van der Waals surface area contributed by atoms with Crippen LogP contribution in [-0.2, 0) is 0 Å². The van der Waals surface area contributed by atoms with Gasteiger partial charge in [0.15, 0.2) is 0 Å². The Bertz CT molecular complexity index is 551. The second-order valence-corrected chi connectivity index (χ2v) is 7.95. The maximum atomic E-state index is 13.1. The molecule has 1 aromatic rings. The highest BCUT2D eigenvalue weighted by molar-refractivity contribution is 5.91. The summed E-state index contributed by atoms with van der Waals surface area (Å²) in [6.45, 7) is 11.8. The van der Waals surface area contributed by atoms with Crippen LogP contribution in [0.1, 0.15) is 76.8 Å². The van der Waals surface area contributed by atoms with Crippen LogP contribution in [0.15, 0.2) is 18.2 Å². The van der Waals surface area contributed by atoms with E-state index in [1.54, 1.807) is 0 Å². The van der Waals surface area contributed by atoms with Crippen molar-refractivity contribution in [1.82, 2.24) is 4.90 Å². The number of rotatable bonds is 4. The van der Waals surface area contributed by atoms with Crippen molar-refractivity contribution in [3.63, 3.8) is 0 Å². The van der Waals surface area contributed by atoms with Crippen LogP contribution in [-0.4, -0.2) is 23.5 Å². The van der Waals surface area contributed by atoms with Gasteiger partial charge in [-0.3, -0.25) is 0 Å². The summed E-state index contributed by atoms with van der Waals surface area (Å²) < 4.78 is 0. The molecule has 0 aliphatic carbocycles. The molecule has 0 bridgehead atoms. The molecule has 1 aromatic carbocycles. The van der Waals surface area contributed by atoms with Crippen LogP contribution in [0.4, 0.5) is 10.5 Å². The molecule has 24 heavy (non-hydrogen) atoms. The van der Waals surface area contributed by atoms with E-state index in [9.17, 15) is 4.79 Å². The molecule has 0 radical (unpaired) electrons. The lowest BCUT2D eigenvalue weighted by Gasteiger charge is -2.32. The number of urea groups is 1. The summed E-state index contributed by atoms with van der Waals surface area (Å²) >= 11 is 0. The van der Waals surface area contributed by atoms with Gasteiger partial charge in [0, 0.05) is 18.3 Å². The van der Waals surface area contributed by atoms with Crippen LogP contribution in [0, 0.1) is 12.8 Å². The zero-order valence-corrected chi connectivity index (χ0v) is 16.1. The molecule has 0 aromatic heterocycles. The first kappa shape index (κ1) is 18.8. The third-order valence-electron chi connectivity index (χ3n) is 5.04. The SMILES string of the molecule is Cc1cccc(C(C)C)c1NC(=O)N1CCCCCC1CC(C)C. The summed E-state index contributed by atoms with van der Waals surface area (Å²) in [5.41, 5.74) is 3.37. The van der Waals surface area contributed by atoms with Crippen LogP contribution in [0.2, 0.25) is 0 Å². The number of amides is 2. The van der Waals surface area contributed by atoms with Gasteiger partial charge in [0.1, 0.15) is 0 Å².